The SMILES string of the molecule is CN1CC(C(=O)N/C(=N/C2NNC3CC(F)CCC32)NC(C)(C)C)C(C(F)(F)F)N1. The van der Waals surface area contributed by atoms with E-state index in [1.165, 1.54) is 12.1 Å². The Morgan fingerprint density at radius 3 is 2.50 bits per heavy atom. The number of guanidine groups is 1. The molecule has 0 spiro atoms. The molecule has 0 bridgehead atoms. The third-order valence-electron chi connectivity index (χ3n) is 5.59. The van der Waals surface area contributed by atoms with E-state index in [1.807, 2.05) is 20.8 Å². The summed E-state index contributed by atoms with van der Waals surface area (Å²) in [6.45, 7) is 5.49. The Morgan fingerprint density at radius 1 is 1.17 bits per heavy atom. The normalized spacial score (nSPS) is 35.9. The summed E-state index contributed by atoms with van der Waals surface area (Å²) < 4.78 is 53.7. The molecule has 0 aromatic heterocycles. The fourth-order valence-corrected chi connectivity index (χ4v) is 4.23. The second-order valence-electron chi connectivity index (χ2n) is 9.39. The summed E-state index contributed by atoms with van der Waals surface area (Å²) in [4.78, 5) is 17.3. The van der Waals surface area contributed by atoms with Gasteiger partial charge in [-0.05, 0) is 40.0 Å². The molecule has 3 aliphatic rings. The molecular formula is C18H31F4N7O. The molecule has 5 N–H and O–H groups in total. The number of nitrogens with one attached hydrogen (secondary N) is 5. The average molecular weight is 437 g/mol. The molecule has 0 aromatic rings. The second-order valence-corrected chi connectivity index (χ2v) is 9.39. The summed E-state index contributed by atoms with van der Waals surface area (Å²) in [5, 5.41) is 6.89. The van der Waals surface area contributed by atoms with E-state index in [9.17, 15) is 22.4 Å². The summed E-state index contributed by atoms with van der Waals surface area (Å²) in [5.74, 6) is -1.94. The molecule has 2 aliphatic heterocycles. The Kier molecular flexibility index (Phi) is 6.61. The average Bonchev–Trinajstić information content (AvgIpc) is 3.16. The maximum absolute atomic E-state index is 13.7. The number of halogens is 4. The van der Waals surface area contributed by atoms with Crippen molar-refractivity contribution < 1.29 is 22.4 Å². The molecule has 30 heavy (non-hydrogen) atoms. The van der Waals surface area contributed by atoms with E-state index >= 15 is 0 Å². The first-order chi connectivity index (χ1) is 13.8. The monoisotopic (exact) mass is 437 g/mol. The van der Waals surface area contributed by atoms with Gasteiger partial charge < -0.3 is 5.32 Å². The summed E-state index contributed by atoms with van der Waals surface area (Å²) in [6, 6.07) is -2.04. The summed E-state index contributed by atoms with van der Waals surface area (Å²) in [7, 11) is 1.46. The summed E-state index contributed by atoms with van der Waals surface area (Å²) >= 11 is 0. The van der Waals surface area contributed by atoms with Crippen LogP contribution in [0.5, 0.6) is 0 Å². The number of hydrazine groups is 2. The van der Waals surface area contributed by atoms with Gasteiger partial charge in [0, 0.05) is 31.1 Å². The molecule has 8 nitrogen and oxygen atoms in total. The highest BCUT2D eigenvalue weighted by Crippen LogP contribution is 2.32. The van der Waals surface area contributed by atoms with Gasteiger partial charge in [0.05, 0.1) is 5.92 Å². The lowest BCUT2D eigenvalue weighted by Crippen LogP contribution is -2.54. The van der Waals surface area contributed by atoms with Crippen LogP contribution in [0, 0.1) is 11.8 Å². The van der Waals surface area contributed by atoms with Gasteiger partial charge in [-0.25, -0.2) is 25.2 Å². The van der Waals surface area contributed by atoms with Gasteiger partial charge >= 0.3 is 6.18 Å². The van der Waals surface area contributed by atoms with Crippen LogP contribution in [0.3, 0.4) is 0 Å². The molecule has 172 valence electrons. The number of carbonyl (C=O) groups is 1. The number of aliphatic imine (C=N–C) groups is 1. The van der Waals surface area contributed by atoms with Crippen LogP contribution in [-0.4, -0.2) is 66.6 Å². The smallest absolute Gasteiger partial charge is 0.351 e. The van der Waals surface area contributed by atoms with Crippen LogP contribution in [0.1, 0.15) is 40.0 Å². The Labute approximate surface area is 173 Å². The van der Waals surface area contributed by atoms with E-state index in [4.69, 9.17) is 0 Å². The van der Waals surface area contributed by atoms with Gasteiger partial charge in [0.2, 0.25) is 5.91 Å². The number of alkyl halides is 4. The van der Waals surface area contributed by atoms with Gasteiger partial charge in [0.15, 0.2) is 5.96 Å². The topological polar surface area (TPSA) is 92.8 Å². The summed E-state index contributed by atoms with van der Waals surface area (Å²) in [5.41, 5.74) is 7.87. The Hall–Kier alpha value is -1.50. The standard InChI is InChI=1S/C18H31F4N7O/c1-17(2,3)25-16(23-14-10-6-5-9(19)7-12(10)26-27-14)24-15(30)11-8-29(4)28-13(11)18(20,21)22/h9-14,26-28H,5-8H2,1-4H3,(H2,23,24,25,30). The quantitative estimate of drug-likeness (QED) is 0.249. The lowest BCUT2D eigenvalue weighted by molar-refractivity contribution is -0.168. The lowest BCUT2D eigenvalue weighted by Gasteiger charge is -2.29. The number of hydrogen-bond donors (Lipinski definition) is 5. The third kappa shape index (κ3) is 5.59. The molecule has 1 aliphatic carbocycles. The zero-order valence-electron chi connectivity index (χ0n) is 17.6. The first-order valence-electron chi connectivity index (χ1n) is 10.2. The largest absolute Gasteiger partial charge is 0.405 e. The van der Waals surface area contributed by atoms with Crippen LogP contribution >= 0.6 is 0 Å². The van der Waals surface area contributed by atoms with Gasteiger partial charge in [0.25, 0.3) is 0 Å². The van der Waals surface area contributed by atoms with Crippen LogP contribution in [0.2, 0.25) is 0 Å². The van der Waals surface area contributed by atoms with E-state index in [2.05, 4.69) is 31.9 Å². The second kappa shape index (κ2) is 8.56. The van der Waals surface area contributed by atoms with Crippen LogP contribution in [-0.2, 0) is 4.79 Å². The number of amides is 1. The van der Waals surface area contributed by atoms with Gasteiger partial charge in [0.1, 0.15) is 18.4 Å². The molecule has 3 rings (SSSR count). The van der Waals surface area contributed by atoms with Crippen molar-refractivity contribution in [3.63, 3.8) is 0 Å². The maximum atomic E-state index is 13.7. The highest BCUT2D eigenvalue weighted by molar-refractivity contribution is 5.98. The van der Waals surface area contributed by atoms with Crippen molar-refractivity contribution in [2.24, 2.45) is 16.8 Å². The fourth-order valence-electron chi connectivity index (χ4n) is 4.23. The van der Waals surface area contributed by atoms with E-state index in [1.54, 1.807) is 0 Å². The number of hydrogen-bond acceptors (Lipinski definition) is 6. The van der Waals surface area contributed by atoms with Crippen LogP contribution in [0.4, 0.5) is 17.6 Å². The first-order valence-corrected chi connectivity index (χ1v) is 10.2. The van der Waals surface area contributed by atoms with Crippen molar-refractivity contribution in [3.05, 3.63) is 0 Å². The Morgan fingerprint density at radius 2 is 1.87 bits per heavy atom. The molecule has 6 atom stereocenters. The van der Waals surface area contributed by atoms with E-state index < -0.39 is 41.9 Å². The number of rotatable bonds is 2. The van der Waals surface area contributed by atoms with Gasteiger partial charge in [-0.15, -0.1) is 0 Å². The van der Waals surface area contributed by atoms with Crippen molar-refractivity contribution in [3.8, 4) is 0 Å². The molecule has 1 amide bonds. The molecule has 0 radical (unpaired) electrons. The van der Waals surface area contributed by atoms with E-state index in [0.717, 1.165) is 0 Å². The zero-order chi connectivity index (χ0) is 22.3. The van der Waals surface area contributed by atoms with Crippen LogP contribution in [0.15, 0.2) is 4.99 Å². The number of nitrogens with zero attached hydrogens (tertiary/aromatic N) is 2. The minimum Gasteiger partial charge on any atom is -0.351 e. The van der Waals surface area contributed by atoms with Crippen molar-refractivity contribution in [2.75, 3.05) is 13.6 Å². The van der Waals surface area contributed by atoms with Gasteiger partial charge in [-0.2, -0.15) is 13.2 Å². The molecule has 1 saturated carbocycles. The maximum Gasteiger partial charge on any atom is 0.405 e. The minimum absolute atomic E-state index is 0.0351. The highest BCUT2D eigenvalue weighted by atomic mass is 19.4. The van der Waals surface area contributed by atoms with Crippen molar-refractivity contribution >= 4 is 11.9 Å². The first kappa shape index (κ1) is 23.2. The Balaban J connectivity index is 1.76. The number of fused-ring (bicyclic) bond motifs is 1. The number of carbonyl (C=O) groups excluding carboxylic acids is 1. The van der Waals surface area contributed by atoms with Crippen molar-refractivity contribution in [2.45, 2.75) is 76.2 Å². The third-order valence-corrected chi connectivity index (χ3v) is 5.59. The van der Waals surface area contributed by atoms with Crippen LogP contribution < -0.4 is 26.9 Å². The molecule has 2 heterocycles. The fraction of sp³-hybridized carbons (Fsp3) is 0.889. The van der Waals surface area contributed by atoms with Gasteiger partial charge in [-0.3, -0.25) is 15.5 Å². The summed E-state index contributed by atoms with van der Waals surface area (Å²) in [6.07, 6.45) is -4.39. The highest BCUT2D eigenvalue weighted by Gasteiger charge is 2.52. The Bertz CT molecular complexity index is 666. The van der Waals surface area contributed by atoms with Crippen LogP contribution in [0.25, 0.3) is 0 Å². The lowest BCUT2D eigenvalue weighted by atomic mass is 9.83. The minimum atomic E-state index is -4.56. The molecule has 3 fully saturated rings. The predicted molar refractivity (Wildman–Crippen MR) is 104 cm³/mol. The predicted octanol–water partition coefficient (Wildman–Crippen LogP) is 0.785. The van der Waals surface area contributed by atoms with Gasteiger partial charge in [-0.1, -0.05) is 0 Å². The van der Waals surface area contributed by atoms with Crippen molar-refractivity contribution in [1.82, 2.24) is 31.9 Å². The van der Waals surface area contributed by atoms with E-state index in [0.29, 0.717) is 19.3 Å². The molecule has 12 heteroatoms. The molecule has 0 aromatic carbocycles. The van der Waals surface area contributed by atoms with E-state index in [-0.39, 0.29) is 24.5 Å². The molecule has 6 unspecified atom stereocenters. The zero-order valence-corrected chi connectivity index (χ0v) is 17.6. The molecular weight excluding hydrogens is 406 g/mol. The van der Waals surface area contributed by atoms with Crippen molar-refractivity contribution in [1.29, 1.82) is 0 Å². The molecule has 2 saturated heterocycles.